The standard InChI is InChI=1S/C20H26O2/c1-12-10-14-15-4-5-18(22)20(15,3)9-7-16(14)19(2)8-6-13(21)11-17(12)19/h6,8,14-17H,1,4-5,7,9-11H2,2-3H3/t14?,15-,16-,17?,19?,20?/m0/s1. The number of hydrogen-bond acceptors (Lipinski definition) is 2. The van der Waals surface area contributed by atoms with Crippen LogP contribution in [-0.4, -0.2) is 11.6 Å². The van der Waals surface area contributed by atoms with E-state index in [1.807, 2.05) is 0 Å². The van der Waals surface area contributed by atoms with E-state index in [4.69, 9.17) is 0 Å². The maximum absolute atomic E-state index is 12.4. The second-order valence-electron chi connectivity index (χ2n) is 8.58. The minimum Gasteiger partial charge on any atom is -0.299 e. The molecule has 118 valence electrons. The Kier molecular flexibility index (Phi) is 2.90. The predicted molar refractivity (Wildman–Crippen MR) is 86.2 cm³/mol. The van der Waals surface area contributed by atoms with Gasteiger partial charge in [0.2, 0.25) is 0 Å². The van der Waals surface area contributed by atoms with Gasteiger partial charge in [0.15, 0.2) is 5.78 Å². The Labute approximate surface area is 133 Å². The van der Waals surface area contributed by atoms with Crippen molar-refractivity contribution in [1.29, 1.82) is 0 Å². The maximum Gasteiger partial charge on any atom is 0.156 e. The number of ketones is 2. The second kappa shape index (κ2) is 4.43. The van der Waals surface area contributed by atoms with Crippen molar-refractivity contribution in [3.8, 4) is 0 Å². The highest BCUT2D eigenvalue weighted by Gasteiger charge is 2.60. The molecule has 0 bridgehead atoms. The van der Waals surface area contributed by atoms with Crippen LogP contribution >= 0.6 is 0 Å². The Hall–Kier alpha value is -1.18. The van der Waals surface area contributed by atoms with Crippen LogP contribution in [0.15, 0.2) is 24.3 Å². The zero-order chi connectivity index (χ0) is 15.7. The third-order valence-electron chi connectivity index (χ3n) is 7.72. The third-order valence-corrected chi connectivity index (χ3v) is 7.72. The van der Waals surface area contributed by atoms with Gasteiger partial charge < -0.3 is 0 Å². The summed E-state index contributed by atoms with van der Waals surface area (Å²) in [5.41, 5.74) is 1.24. The molecule has 0 heterocycles. The summed E-state index contributed by atoms with van der Waals surface area (Å²) in [6.45, 7) is 8.90. The molecule has 0 aliphatic heterocycles. The van der Waals surface area contributed by atoms with Gasteiger partial charge in [-0.3, -0.25) is 9.59 Å². The Balaban J connectivity index is 1.75. The fourth-order valence-electron chi connectivity index (χ4n) is 6.40. The van der Waals surface area contributed by atoms with Crippen LogP contribution in [0.5, 0.6) is 0 Å². The van der Waals surface area contributed by atoms with E-state index in [1.54, 1.807) is 6.08 Å². The number of carbonyl (C=O) groups is 2. The van der Waals surface area contributed by atoms with Crippen LogP contribution in [0.4, 0.5) is 0 Å². The van der Waals surface area contributed by atoms with E-state index < -0.39 is 0 Å². The van der Waals surface area contributed by atoms with E-state index in [9.17, 15) is 9.59 Å². The van der Waals surface area contributed by atoms with Crippen LogP contribution in [0.25, 0.3) is 0 Å². The molecule has 4 aliphatic carbocycles. The van der Waals surface area contributed by atoms with Gasteiger partial charge in [0.1, 0.15) is 5.78 Å². The van der Waals surface area contributed by atoms with Crippen molar-refractivity contribution in [2.75, 3.05) is 0 Å². The van der Waals surface area contributed by atoms with Gasteiger partial charge in [-0.1, -0.05) is 32.1 Å². The smallest absolute Gasteiger partial charge is 0.156 e. The molecular formula is C20H26O2. The van der Waals surface area contributed by atoms with Gasteiger partial charge in [0, 0.05) is 18.3 Å². The molecule has 22 heavy (non-hydrogen) atoms. The van der Waals surface area contributed by atoms with Gasteiger partial charge in [0.25, 0.3) is 0 Å². The topological polar surface area (TPSA) is 34.1 Å². The van der Waals surface area contributed by atoms with Crippen molar-refractivity contribution in [2.24, 2.45) is 34.5 Å². The Morgan fingerprint density at radius 2 is 1.91 bits per heavy atom. The molecule has 4 aliphatic rings. The van der Waals surface area contributed by atoms with Gasteiger partial charge in [-0.15, -0.1) is 0 Å². The molecular weight excluding hydrogens is 272 g/mol. The summed E-state index contributed by atoms with van der Waals surface area (Å²) in [6, 6.07) is 0. The second-order valence-corrected chi connectivity index (χ2v) is 8.58. The molecule has 4 unspecified atom stereocenters. The average Bonchev–Trinajstić information content (AvgIpc) is 2.77. The van der Waals surface area contributed by atoms with Gasteiger partial charge >= 0.3 is 0 Å². The first-order chi connectivity index (χ1) is 10.4. The number of hydrogen-bond donors (Lipinski definition) is 0. The summed E-state index contributed by atoms with van der Waals surface area (Å²) in [4.78, 5) is 24.3. The zero-order valence-electron chi connectivity index (χ0n) is 13.7. The summed E-state index contributed by atoms with van der Waals surface area (Å²) in [6.07, 6.45) is 9.65. The van der Waals surface area contributed by atoms with Crippen LogP contribution in [0.2, 0.25) is 0 Å². The fourth-order valence-corrected chi connectivity index (χ4v) is 6.40. The van der Waals surface area contributed by atoms with Crippen molar-refractivity contribution in [3.05, 3.63) is 24.3 Å². The molecule has 0 spiro atoms. The molecule has 2 nitrogen and oxygen atoms in total. The normalized spacial score (nSPS) is 50.5. The molecule has 0 aromatic carbocycles. The van der Waals surface area contributed by atoms with E-state index >= 15 is 0 Å². The van der Waals surface area contributed by atoms with Gasteiger partial charge in [-0.2, -0.15) is 0 Å². The van der Waals surface area contributed by atoms with Gasteiger partial charge in [0.05, 0.1) is 0 Å². The van der Waals surface area contributed by atoms with E-state index in [1.165, 1.54) is 5.57 Å². The van der Waals surface area contributed by atoms with Gasteiger partial charge in [-0.05, 0) is 60.8 Å². The number of fused-ring (bicyclic) bond motifs is 5. The summed E-state index contributed by atoms with van der Waals surface area (Å²) >= 11 is 0. The average molecular weight is 298 g/mol. The molecule has 0 N–H and O–H groups in total. The van der Waals surface area contributed by atoms with Crippen molar-refractivity contribution >= 4 is 11.6 Å². The summed E-state index contributed by atoms with van der Waals surface area (Å²) in [7, 11) is 0. The number of rotatable bonds is 0. The molecule has 3 saturated carbocycles. The molecule has 4 rings (SSSR count). The van der Waals surface area contributed by atoms with Crippen molar-refractivity contribution in [2.45, 2.75) is 52.4 Å². The first-order valence-corrected chi connectivity index (χ1v) is 8.79. The van der Waals surface area contributed by atoms with Crippen LogP contribution < -0.4 is 0 Å². The largest absolute Gasteiger partial charge is 0.299 e. The van der Waals surface area contributed by atoms with Crippen LogP contribution in [0.1, 0.15) is 52.4 Å². The van der Waals surface area contributed by atoms with E-state index in [-0.39, 0.29) is 16.6 Å². The predicted octanol–water partition coefficient (Wildman–Crippen LogP) is 4.11. The maximum atomic E-state index is 12.4. The molecule has 6 atom stereocenters. The van der Waals surface area contributed by atoms with Crippen molar-refractivity contribution in [3.63, 3.8) is 0 Å². The van der Waals surface area contributed by atoms with E-state index in [2.05, 4.69) is 26.5 Å². The van der Waals surface area contributed by atoms with E-state index in [0.717, 1.165) is 32.1 Å². The van der Waals surface area contributed by atoms with Crippen LogP contribution in [0, 0.1) is 34.5 Å². The summed E-state index contributed by atoms with van der Waals surface area (Å²) < 4.78 is 0. The SMILES string of the molecule is C=C1CC2[C@@H]3CCC(=O)C3(C)CC[C@@H]2C2(C)C=CC(=O)CC12. The first kappa shape index (κ1) is 14.4. The molecule has 3 fully saturated rings. The minimum absolute atomic E-state index is 0.0703. The number of allylic oxidation sites excluding steroid dienone is 3. The lowest BCUT2D eigenvalue weighted by molar-refractivity contribution is -0.133. The zero-order valence-corrected chi connectivity index (χ0v) is 13.7. The summed E-state index contributed by atoms with van der Waals surface area (Å²) in [5, 5.41) is 0. The third kappa shape index (κ3) is 1.67. The molecule has 0 saturated heterocycles. The molecule has 0 aromatic heterocycles. The lowest BCUT2D eigenvalue weighted by atomic mass is 9.45. The number of Topliss-reactive ketones (excluding diaryl/α,β-unsaturated/α-hetero) is 1. The van der Waals surface area contributed by atoms with E-state index in [0.29, 0.717) is 35.9 Å². The van der Waals surface area contributed by atoms with Crippen molar-refractivity contribution in [1.82, 2.24) is 0 Å². The highest BCUT2D eigenvalue weighted by Crippen LogP contribution is 2.65. The Morgan fingerprint density at radius 3 is 2.68 bits per heavy atom. The first-order valence-electron chi connectivity index (χ1n) is 8.79. The quantitative estimate of drug-likeness (QED) is 0.631. The van der Waals surface area contributed by atoms with Gasteiger partial charge in [-0.25, -0.2) is 0 Å². The summed E-state index contributed by atoms with van der Waals surface area (Å²) in [5.74, 6) is 2.77. The Morgan fingerprint density at radius 1 is 1.14 bits per heavy atom. The van der Waals surface area contributed by atoms with Crippen LogP contribution in [-0.2, 0) is 9.59 Å². The molecule has 0 aromatic rings. The molecule has 2 heteroatoms. The van der Waals surface area contributed by atoms with Crippen molar-refractivity contribution < 1.29 is 9.59 Å². The highest BCUT2D eigenvalue weighted by molar-refractivity contribution is 5.91. The highest BCUT2D eigenvalue weighted by atomic mass is 16.1. The molecule has 0 radical (unpaired) electrons. The monoisotopic (exact) mass is 298 g/mol. The Bertz CT molecular complexity index is 601. The fraction of sp³-hybridized carbons (Fsp3) is 0.700. The lowest BCUT2D eigenvalue weighted by Gasteiger charge is -2.58. The minimum atomic E-state index is -0.0845. The number of carbonyl (C=O) groups excluding carboxylic acids is 2. The van der Waals surface area contributed by atoms with Crippen LogP contribution in [0.3, 0.4) is 0 Å². The molecule has 0 amide bonds. The lowest BCUT2D eigenvalue weighted by Crippen LogP contribution is -2.53.